The fourth-order valence-corrected chi connectivity index (χ4v) is 4.05. The van der Waals surface area contributed by atoms with E-state index in [2.05, 4.69) is 4.98 Å². The molecule has 0 unspecified atom stereocenters. The van der Waals surface area contributed by atoms with Gasteiger partial charge in [-0.3, -0.25) is 9.69 Å². The number of carbonyl (C=O) groups excluding carboxylic acids is 1. The predicted octanol–water partition coefficient (Wildman–Crippen LogP) is 5.81. The van der Waals surface area contributed by atoms with E-state index in [9.17, 15) is 4.79 Å². The highest BCUT2D eigenvalue weighted by molar-refractivity contribution is 7.22. The molecular weight excluding hydrogens is 419 g/mol. The summed E-state index contributed by atoms with van der Waals surface area (Å²) < 4.78 is 12.0. The number of halogens is 2. The first-order valence-electron chi connectivity index (χ1n) is 8.36. The van der Waals surface area contributed by atoms with Gasteiger partial charge in [0, 0.05) is 5.02 Å². The second kappa shape index (κ2) is 8.22. The summed E-state index contributed by atoms with van der Waals surface area (Å²) in [5.74, 6) is 0.778. The number of rotatable bonds is 6. The maximum Gasteiger partial charge on any atom is 0.267 e. The smallest absolute Gasteiger partial charge is 0.267 e. The lowest BCUT2D eigenvalue weighted by molar-refractivity contribution is -0.120. The van der Waals surface area contributed by atoms with Gasteiger partial charge in [0.05, 0.1) is 28.0 Å². The van der Waals surface area contributed by atoms with Crippen molar-refractivity contribution in [3.63, 3.8) is 0 Å². The fraction of sp³-hybridized carbons (Fsp3) is 0.100. The van der Waals surface area contributed by atoms with Gasteiger partial charge in [-0.2, -0.15) is 0 Å². The molecule has 4 rings (SSSR count). The molecule has 8 heteroatoms. The van der Waals surface area contributed by atoms with Crippen molar-refractivity contribution in [3.8, 4) is 5.75 Å². The number of para-hydroxylation sites is 1. The molecule has 0 radical (unpaired) electrons. The average Bonchev–Trinajstić information content (AvgIpc) is 3.34. The van der Waals surface area contributed by atoms with E-state index in [1.54, 1.807) is 35.4 Å². The summed E-state index contributed by atoms with van der Waals surface area (Å²) in [5.41, 5.74) is 0.835. The van der Waals surface area contributed by atoms with Crippen LogP contribution in [0.4, 0.5) is 5.13 Å². The van der Waals surface area contributed by atoms with Gasteiger partial charge in [0.2, 0.25) is 0 Å². The Hall–Kier alpha value is -2.54. The third-order valence-corrected chi connectivity index (χ3v) is 5.54. The van der Waals surface area contributed by atoms with E-state index < -0.39 is 0 Å². The zero-order valence-corrected chi connectivity index (χ0v) is 16.8. The lowest BCUT2D eigenvalue weighted by Crippen LogP contribution is -2.34. The zero-order chi connectivity index (χ0) is 19.5. The third kappa shape index (κ3) is 4.14. The molecule has 0 atom stereocenters. The Bertz CT molecular complexity index is 1080. The van der Waals surface area contributed by atoms with Crippen LogP contribution in [0.5, 0.6) is 5.75 Å². The van der Waals surface area contributed by atoms with Crippen LogP contribution in [0.1, 0.15) is 5.76 Å². The molecule has 0 saturated heterocycles. The van der Waals surface area contributed by atoms with Crippen LogP contribution in [0.3, 0.4) is 0 Å². The van der Waals surface area contributed by atoms with Crippen LogP contribution in [0.25, 0.3) is 10.2 Å². The largest absolute Gasteiger partial charge is 0.482 e. The molecule has 2 aromatic carbocycles. The minimum atomic E-state index is -0.263. The Kier molecular flexibility index (Phi) is 5.52. The number of amides is 1. The van der Waals surface area contributed by atoms with E-state index in [1.807, 2.05) is 30.3 Å². The molecule has 0 N–H and O–H groups in total. The van der Waals surface area contributed by atoms with Crippen LogP contribution in [-0.2, 0) is 11.3 Å². The van der Waals surface area contributed by atoms with Gasteiger partial charge in [-0.05, 0) is 42.5 Å². The Morgan fingerprint density at radius 1 is 1.14 bits per heavy atom. The lowest BCUT2D eigenvalue weighted by Gasteiger charge is -2.19. The molecule has 0 fully saturated rings. The number of carbonyl (C=O) groups is 1. The number of ether oxygens (including phenoxy) is 1. The molecule has 2 heterocycles. The highest BCUT2D eigenvalue weighted by atomic mass is 35.5. The summed E-state index contributed by atoms with van der Waals surface area (Å²) in [6, 6.07) is 16.2. The summed E-state index contributed by atoms with van der Waals surface area (Å²) in [5, 5.41) is 1.42. The molecule has 0 spiro atoms. The molecule has 0 saturated carbocycles. The van der Waals surface area contributed by atoms with Gasteiger partial charge < -0.3 is 9.15 Å². The fourth-order valence-electron chi connectivity index (χ4n) is 2.61. The van der Waals surface area contributed by atoms with Crippen LogP contribution in [0.2, 0.25) is 10.0 Å². The van der Waals surface area contributed by atoms with Crippen molar-refractivity contribution in [2.24, 2.45) is 0 Å². The van der Waals surface area contributed by atoms with E-state index in [1.165, 1.54) is 11.3 Å². The van der Waals surface area contributed by atoms with Crippen molar-refractivity contribution in [2.45, 2.75) is 6.54 Å². The van der Waals surface area contributed by atoms with Gasteiger partial charge in [-0.15, -0.1) is 0 Å². The Labute approximate surface area is 175 Å². The first-order chi connectivity index (χ1) is 13.6. The van der Waals surface area contributed by atoms with Crippen LogP contribution >= 0.6 is 34.5 Å². The molecule has 0 bridgehead atoms. The highest BCUT2D eigenvalue weighted by Gasteiger charge is 2.22. The van der Waals surface area contributed by atoms with Gasteiger partial charge in [0.25, 0.3) is 5.91 Å². The van der Waals surface area contributed by atoms with E-state index >= 15 is 0 Å². The molecule has 4 aromatic rings. The maximum absolute atomic E-state index is 13.0. The van der Waals surface area contributed by atoms with Crippen LogP contribution < -0.4 is 9.64 Å². The van der Waals surface area contributed by atoms with Crippen LogP contribution in [-0.4, -0.2) is 17.5 Å². The van der Waals surface area contributed by atoms with E-state index in [0.717, 1.165) is 10.2 Å². The van der Waals surface area contributed by atoms with Crippen LogP contribution in [0.15, 0.2) is 65.3 Å². The predicted molar refractivity (Wildman–Crippen MR) is 111 cm³/mol. The maximum atomic E-state index is 13.0. The molecular formula is C20H14Cl2N2O3S. The number of fused-ring (bicyclic) bond motifs is 1. The van der Waals surface area contributed by atoms with Gasteiger partial charge >= 0.3 is 0 Å². The van der Waals surface area contributed by atoms with Crippen molar-refractivity contribution in [1.82, 2.24) is 4.98 Å². The number of hydrogen-bond donors (Lipinski definition) is 0. The lowest BCUT2D eigenvalue weighted by atomic mass is 10.3. The number of aromatic nitrogens is 1. The second-order valence-corrected chi connectivity index (χ2v) is 7.74. The average molecular weight is 433 g/mol. The zero-order valence-electron chi connectivity index (χ0n) is 14.5. The number of anilines is 1. The van der Waals surface area contributed by atoms with Crippen molar-refractivity contribution in [2.75, 3.05) is 11.5 Å². The van der Waals surface area contributed by atoms with Gasteiger partial charge in [0.1, 0.15) is 11.5 Å². The molecule has 142 valence electrons. The SMILES string of the molecule is O=C(COc1ccc(Cl)cc1Cl)N(Cc1ccco1)c1nc2ccccc2s1. The summed E-state index contributed by atoms with van der Waals surface area (Å²) in [6.07, 6.45) is 1.57. The van der Waals surface area contributed by atoms with Gasteiger partial charge in [-0.1, -0.05) is 46.7 Å². The monoisotopic (exact) mass is 432 g/mol. The van der Waals surface area contributed by atoms with E-state index in [-0.39, 0.29) is 19.1 Å². The molecule has 0 aliphatic rings. The second-order valence-electron chi connectivity index (χ2n) is 5.89. The normalized spacial score (nSPS) is 10.9. The molecule has 5 nitrogen and oxygen atoms in total. The minimum absolute atomic E-state index is 0.196. The molecule has 1 amide bonds. The summed E-state index contributed by atoms with van der Waals surface area (Å²) in [4.78, 5) is 19.1. The summed E-state index contributed by atoms with van der Waals surface area (Å²) in [7, 11) is 0. The number of thiazole rings is 1. The van der Waals surface area contributed by atoms with Gasteiger partial charge in [0.15, 0.2) is 11.7 Å². The minimum Gasteiger partial charge on any atom is -0.482 e. The third-order valence-electron chi connectivity index (χ3n) is 3.95. The standard InChI is InChI=1S/C20H14Cl2N2O3S/c21-13-7-8-17(15(22)10-13)27-12-19(25)24(11-14-4-3-9-26-14)20-23-16-5-1-2-6-18(16)28-20/h1-10H,11-12H2. The van der Waals surface area contributed by atoms with Crippen molar-refractivity contribution >= 4 is 55.8 Å². The molecule has 2 aromatic heterocycles. The number of nitrogens with zero attached hydrogens (tertiary/aromatic N) is 2. The van der Waals surface area contributed by atoms with Crippen molar-refractivity contribution in [3.05, 3.63) is 76.7 Å². The molecule has 28 heavy (non-hydrogen) atoms. The van der Waals surface area contributed by atoms with E-state index in [0.29, 0.717) is 26.7 Å². The Morgan fingerprint density at radius 3 is 2.75 bits per heavy atom. The Morgan fingerprint density at radius 2 is 2.00 bits per heavy atom. The highest BCUT2D eigenvalue weighted by Crippen LogP contribution is 2.31. The van der Waals surface area contributed by atoms with Crippen molar-refractivity contribution < 1.29 is 13.9 Å². The number of furan rings is 1. The molecule has 0 aliphatic carbocycles. The van der Waals surface area contributed by atoms with Crippen LogP contribution in [0, 0.1) is 0 Å². The first kappa shape index (κ1) is 18.8. The topological polar surface area (TPSA) is 55.6 Å². The first-order valence-corrected chi connectivity index (χ1v) is 9.93. The quantitative estimate of drug-likeness (QED) is 0.385. The number of benzene rings is 2. The number of hydrogen-bond acceptors (Lipinski definition) is 5. The summed E-state index contributed by atoms with van der Waals surface area (Å²) >= 11 is 13.4. The van der Waals surface area contributed by atoms with Crippen molar-refractivity contribution in [1.29, 1.82) is 0 Å². The van der Waals surface area contributed by atoms with Gasteiger partial charge in [-0.25, -0.2) is 4.98 Å². The van der Waals surface area contributed by atoms with E-state index in [4.69, 9.17) is 32.4 Å². The molecule has 0 aliphatic heterocycles. The summed E-state index contributed by atoms with van der Waals surface area (Å²) in [6.45, 7) is 0.0569. The Balaban J connectivity index is 1.58.